The van der Waals surface area contributed by atoms with Crippen LogP contribution < -0.4 is 24.8 Å². The number of ether oxygens (including phenoxy) is 3. The van der Waals surface area contributed by atoms with Crippen LogP contribution in [0.3, 0.4) is 0 Å². The summed E-state index contributed by atoms with van der Waals surface area (Å²) in [5, 5.41) is 9.82. The summed E-state index contributed by atoms with van der Waals surface area (Å²) in [6.07, 6.45) is 1.05. The highest BCUT2D eigenvalue weighted by Gasteiger charge is 2.37. The van der Waals surface area contributed by atoms with E-state index in [-0.39, 0.29) is 17.7 Å². The highest BCUT2D eigenvalue weighted by atomic mass is 16.5. The molecule has 7 rings (SSSR count). The lowest BCUT2D eigenvalue weighted by Gasteiger charge is -2.30. The molecule has 2 heterocycles. The Morgan fingerprint density at radius 2 is 1.47 bits per heavy atom. The second-order valence-electron chi connectivity index (χ2n) is 11.2. The van der Waals surface area contributed by atoms with E-state index in [2.05, 4.69) is 76.7 Å². The average Bonchev–Trinajstić information content (AvgIpc) is 3.25. The van der Waals surface area contributed by atoms with Crippen LogP contribution in [-0.2, 0) is 11.3 Å². The number of Topliss-reactive ketones (excluding diaryl/α,β-unsaturated/α-hetero) is 1. The van der Waals surface area contributed by atoms with Crippen molar-refractivity contribution in [3.63, 3.8) is 0 Å². The van der Waals surface area contributed by atoms with Gasteiger partial charge in [-0.15, -0.1) is 0 Å². The van der Waals surface area contributed by atoms with Crippen molar-refractivity contribution in [1.29, 1.82) is 0 Å². The normalized spacial score (nSPS) is 18.0. The molecule has 2 atom stereocenters. The number of carbonyl (C=O) groups excluding carboxylic acids is 1. The fraction of sp³-hybridized carbons (Fsp3) is 0.250. The molecule has 1 aliphatic carbocycles. The largest absolute Gasteiger partial charge is 0.493 e. The van der Waals surface area contributed by atoms with Gasteiger partial charge in [0, 0.05) is 46.0 Å². The van der Waals surface area contributed by atoms with E-state index in [1.807, 2.05) is 24.3 Å². The average molecular weight is 574 g/mol. The zero-order valence-corrected chi connectivity index (χ0v) is 24.9. The molecule has 0 fully saturated rings. The molecular formula is C36H35N3O4. The smallest absolute Gasteiger partial charge is 0.203 e. The molecule has 2 unspecified atom stereocenters. The number of para-hydroxylation sites is 3. The summed E-state index contributed by atoms with van der Waals surface area (Å²) in [4.78, 5) is 14.2. The molecule has 4 aromatic carbocycles. The van der Waals surface area contributed by atoms with Crippen molar-refractivity contribution in [1.82, 2.24) is 4.57 Å². The van der Waals surface area contributed by atoms with Gasteiger partial charge in [-0.05, 0) is 72.9 Å². The Kier molecular flexibility index (Phi) is 6.73. The Morgan fingerprint density at radius 1 is 0.767 bits per heavy atom. The maximum Gasteiger partial charge on any atom is 0.203 e. The van der Waals surface area contributed by atoms with E-state index in [0.717, 1.165) is 40.3 Å². The number of carbonyl (C=O) groups is 1. The van der Waals surface area contributed by atoms with E-state index in [0.29, 0.717) is 30.1 Å². The number of methoxy groups -OCH3 is 3. The van der Waals surface area contributed by atoms with Gasteiger partial charge in [-0.1, -0.05) is 36.4 Å². The van der Waals surface area contributed by atoms with Gasteiger partial charge in [-0.25, -0.2) is 0 Å². The summed E-state index contributed by atoms with van der Waals surface area (Å²) >= 11 is 0. The molecular weight excluding hydrogens is 538 g/mol. The molecule has 43 heavy (non-hydrogen) atoms. The molecule has 7 nitrogen and oxygen atoms in total. The molecule has 2 N–H and O–H groups in total. The van der Waals surface area contributed by atoms with Crippen molar-refractivity contribution in [3.8, 4) is 17.2 Å². The molecule has 5 aromatic rings. The van der Waals surface area contributed by atoms with Crippen molar-refractivity contribution in [2.45, 2.75) is 38.3 Å². The van der Waals surface area contributed by atoms with Crippen LogP contribution in [0.1, 0.15) is 42.9 Å². The summed E-state index contributed by atoms with van der Waals surface area (Å²) in [6.45, 7) is 3.07. The van der Waals surface area contributed by atoms with E-state index < -0.39 is 0 Å². The monoisotopic (exact) mass is 573 g/mol. The SMILES string of the molecule is CCn1c2ccccc2c2cc(C3Nc4ccccc4NC4=C3C(=O)CC(c3cc(OC)c(OC)c(OC)c3)C4)ccc21. The van der Waals surface area contributed by atoms with Gasteiger partial charge in [0.15, 0.2) is 17.3 Å². The highest BCUT2D eigenvalue weighted by molar-refractivity contribution is 6.08. The van der Waals surface area contributed by atoms with E-state index in [1.165, 1.54) is 21.8 Å². The number of ketones is 1. The lowest BCUT2D eigenvalue weighted by atomic mass is 9.78. The Balaban J connectivity index is 1.36. The number of hydrogen-bond donors (Lipinski definition) is 2. The van der Waals surface area contributed by atoms with Crippen molar-refractivity contribution in [2.24, 2.45) is 0 Å². The van der Waals surface area contributed by atoms with Crippen LogP contribution in [0.5, 0.6) is 17.2 Å². The molecule has 0 spiro atoms. The number of fused-ring (bicyclic) bond motifs is 4. The number of allylic oxidation sites excluding steroid dienone is 1. The quantitative estimate of drug-likeness (QED) is 0.216. The second-order valence-corrected chi connectivity index (χ2v) is 11.2. The number of nitrogens with zero attached hydrogens (tertiary/aromatic N) is 1. The van der Waals surface area contributed by atoms with Crippen LogP contribution in [0.25, 0.3) is 21.8 Å². The van der Waals surface area contributed by atoms with Gasteiger partial charge in [0.05, 0.1) is 38.7 Å². The molecule has 0 amide bonds. The number of aryl methyl sites for hydroxylation is 1. The Labute approximate surface area is 251 Å². The van der Waals surface area contributed by atoms with Gasteiger partial charge in [-0.3, -0.25) is 4.79 Å². The van der Waals surface area contributed by atoms with Gasteiger partial charge in [0.2, 0.25) is 5.75 Å². The van der Waals surface area contributed by atoms with Gasteiger partial charge < -0.3 is 29.4 Å². The lowest BCUT2D eigenvalue weighted by molar-refractivity contribution is -0.116. The third kappa shape index (κ3) is 4.38. The number of nitrogens with one attached hydrogen (secondary N) is 2. The Morgan fingerprint density at radius 3 is 2.19 bits per heavy atom. The minimum Gasteiger partial charge on any atom is -0.493 e. The molecule has 1 aromatic heterocycles. The lowest BCUT2D eigenvalue weighted by Crippen LogP contribution is -2.27. The molecule has 218 valence electrons. The second kappa shape index (κ2) is 10.7. The summed E-state index contributed by atoms with van der Waals surface area (Å²) in [5.41, 5.74) is 8.12. The molecule has 0 saturated heterocycles. The highest BCUT2D eigenvalue weighted by Crippen LogP contribution is 2.47. The first-order chi connectivity index (χ1) is 21.0. The van der Waals surface area contributed by atoms with Crippen LogP contribution in [0.15, 0.2) is 90.1 Å². The Bertz CT molecular complexity index is 1900. The summed E-state index contributed by atoms with van der Waals surface area (Å²) in [6, 6.07) is 27.0. The van der Waals surface area contributed by atoms with E-state index >= 15 is 0 Å². The first kappa shape index (κ1) is 27.0. The standard InChI is InChI=1S/C36H35N3O4/c1-5-39-29-13-9-6-10-24(29)25-16-21(14-15-30(25)39)35-34-28(37-26-11-7-8-12-27(26)38-35)17-22(18-31(34)40)23-19-32(41-2)36(43-4)33(20-23)42-3/h6-16,19-20,22,35,37-38H,5,17-18H2,1-4H3. The maximum atomic E-state index is 14.2. The topological polar surface area (TPSA) is 73.8 Å². The van der Waals surface area contributed by atoms with Crippen molar-refractivity contribution in [3.05, 3.63) is 101 Å². The third-order valence-corrected chi connectivity index (χ3v) is 8.91. The van der Waals surface area contributed by atoms with E-state index in [4.69, 9.17) is 14.2 Å². The fourth-order valence-electron chi connectivity index (χ4n) is 6.91. The van der Waals surface area contributed by atoms with Crippen LogP contribution in [0.2, 0.25) is 0 Å². The number of benzene rings is 4. The van der Waals surface area contributed by atoms with Gasteiger partial charge in [-0.2, -0.15) is 0 Å². The molecule has 0 bridgehead atoms. The van der Waals surface area contributed by atoms with Crippen LogP contribution in [0.4, 0.5) is 11.4 Å². The molecule has 1 aliphatic heterocycles. The molecule has 7 heteroatoms. The fourth-order valence-corrected chi connectivity index (χ4v) is 6.91. The van der Waals surface area contributed by atoms with Gasteiger partial charge in [0.25, 0.3) is 0 Å². The first-order valence-corrected chi connectivity index (χ1v) is 14.7. The van der Waals surface area contributed by atoms with Crippen LogP contribution in [0, 0.1) is 0 Å². The van der Waals surface area contributed by atoms with Crippen LogP contribution >= 0.6 is 0 Å². The van der Waals surface area contributed by atoms with Crippen molar-refractivity contribution >= 4 is 39.0 Å². The van der Waals surface area contributed by atoms with E-state index in [1.54, 1.807) is 21.3 Å². The molecule has 2 aliphatic rings. The zero-order chi connectivity index (χ0) is 29.7. The maximum absolute atomic E-state index is 14.2. The Hall–Kier alpha value is -4.91. The summed E-state index contributed by atoms with van der Waals surface area (Å²) < 4.78 is 19.2. The number of aromatic nitrogens is 1. The predicted octanol–water partition coefficient (Wildman–Crippen LogP) is 7.82. The minimum absolute atomic E-state index is 0.0524. The molecule has 0 radical (unpaired) electrons. The van der Waals surface area contributed by atoms with Gasteiger partial charge in [0.1, 0.15) is 0 Å². The van der Waals surface area contributed by atoms with Crippen LogP contribution in [-0.4, -0.2) is 31.7 Å². The number of anilines is 2. The zero-order valence-electron chi connectivity index (χ0n) is 24.9. The van der Waals surface area contributed by atoms with Crippen molar-refractivity contribution < 1.29 is 19.0 Å². The molecule has 0 saturated carbocycles. The summed E-state index contributed by atoms with van der Waals surface area (Å²) in [7, 11) is 4.82. The van der Waals surface area contributed by atoms with Gasteiger partial charge >= 0.3 is 0 Å². The predicted molar refractivity (Wildman–Crippen MR) is 172 cm³/mol. The summed E-state index contributed by atoms with van der Waals surface area (Å²) in [5.74, 6) is 1.78. The minimum atomic E-state index is -0.298. The van der Waals surface area contributed by atoms with E-state index in [9.17, 15) is 4.79 Å². The number of hydrogen-bond acceptors (Lipinski definition) is 6. The first-order valence-electron chi connectivity index (χ1n) is 14.7. The van der Waals surface area contributed by atoms with Crippen molar-refractivity contribution in [2.75, 3.05) is 32.0 Å². The number of rotatable bonds is 6. The third-order valence-electron chi connectivity index (χ3n) is 8.91.